The topological polar surface area (TPSA) is 71.8 Å². The third-order valence-electron chi connectivity index (χ3n) is 5.77. The molecule has 0 saturated carbocycles. The number of nitrogens with two attached hydrogens (primary N) is 1. The molecule has 0 aliphatic carbocycles. The molecular formula is C16H30N5O+. The molecule has 3 rings (SSSR count). The lowest BCUT2D eigenvalue weighted by Gasteiger charge is -2.27. The highest BCUT2D eigenvalue weighted by Crippen LogP contribution is 2.37. The van der Waals surface area contributed by atoms with E-state index in [1.54, 1.807) is 0 Å². The van der Waals surface area contributed by atoms with Crippen molar-refractivity contribution in [3.63, 3.8) is 0 Å². The van der Waals surface area contributed by atoms with Crippen molar-refractivity contribution in [1.82, 2.24) is 9.78 Å². The van der Waals surface area contributed by atoms with Crippen LogP contribution in [-0.4, -0.2) is 54.2 Å². The van der Waals surface area contributed by atoms with Crippen LogP contribution in [0.25, 0.3) is 0 Å². The van der Waals surface area contributed by atoms with Crippen LogP contribution >= 0.6 is 0 Å². The number of nitrogens with one attached hydrogen (secondary N) is 1. The molecule has 0 radical (unpaired) electrons. The van der Waals surface area contributed by atoms with Gasteiger partial charge in [0.25, 0.3) is 0 Å². The predicted octanol–water partition coefficient (Wildman–Crippen LogP) is -0.306. The van der Waals surface area contributed by atoms with E-state index >= 15 is 0 Å². The molecule has 1 aromatic rings. The molecule has 0 amide bonds. The van der Waals surface area contributed by atoms with Gasteiger partial charge in [0.15, 0.2) is 5.82 Å². The van der Waals surface area contributed by atoms with Crippen molar-refractivity contribution < 1.29 is 10.0 Å². The monoisotopic (exact) mass is 308 g/mol. The molecule has 4 N–H and O–H groups in total. The molecule has 4 unspecified atom stereocenters. The summed E-state index contributed by atoms with van der Waals surface area (Å²) >= 11 is 0. The van der Waals surface area contributed by atoms with Crippen LogP contribution in [0.1, 0.15) is 38.4 Å². The van der Waals surface area contributed by atoms with Gasteiger partial charge < -0.3 is 20.6 Å². The number of likely N-dealkylation sites (N-methyl/N-ethyl adjacent to an activating group) is 1. The fraction of sp³-hybridized carbons (Fsp3) is 0.812. The Morgan fingerprint density at radius 1 is 1.36 bits per heavy atom. The van der Waals surface area contributed by atoms with E-state index < -0.39 is 0 Å². The highest BCUT2D eigenvalue weighted by atomic mass is 16.3. The summed E-state index contributed by atoms with van der Waals surface area (Å²) in [5, 5.41) is 14.0. The molecule has 4 atom stereocenters. The summed E-state index contributed by atoms with van der Waals surface area (Å²) in [7, 11) is 2.16. The molecule has 0 bridgehead atoms. The first-order valence-electron chi connectivity index (χ1n) is 8.57. The van der Waals surface area contributed by atoms with Crippen LogP contribution in [0.5, 0.6) is 0 Å². The number of anilines is 2. The molecule has 22 heavy (non-hydrogen) atoms. The Morgan fingerprint density at radius 3 is 2.86 bits per heavy atom. The summed E-state index contributed by atoms with van der Waals surface area (Å²) in [6, 6.07) is 0.988. The molecule has 6 heteroatoms. The molecule has 1 fully saturated rings. The Kier molecular flexibility index (Phi) is 4.32. The molecule has 2 aliphatic rings. The Bertz CT molecular complexity index is 529. The fourth-order valence-electron chi connectivity index (χ4n) is 3.87. The number of hydrogen-bond donors (Lipinski definition) is 3. The van der Waals surface area contributed by atoms with Gasteiger partial charge in [-0.1, -0.05) is 6.92 Å². The van der Waals surface area contributed by atoms with E-state index in [0.717, 1.165) is 44.0 Å². The maximum Gasteiger partial charge on any atom is 0.174 e. The molecule has 1 aromatic heterocycles. The zero-order chi connectivity index (χ0) is 15.9. The van der Waals surface area contributed by atoms with E-state index in [0.29, 0.717) is 18.0 Å². The number of aliphatic hydroxyl groups is 1. The van der Waals surface area contributed by atoms with Crippen LogP contribution in [-0.2, 0) is 6.42 Å². The van der Waals surface area contributed by atoms with E-state index in [-0.39, 0.29) is 6.61 Å². The van der Waals surface area contributed by atoms with Gasteiger partial charge in [-0.25, -0.2) is 0 Å². The lowest BCUT2D eigenvalue weighted by molar-refractivity contribution is -0.903. The van der Waals surface area contributed by atoms with E-state index in [1.807, 2.05) is 0 Å². The van der Waals surface area contributed by atoms with Crippen molar-refractivity contribution >= 4 is 11.5 Å². The standard InChI is InChI=1S/C16H29N5O/c1-11-4-5-14-15(17)16(18-21(14)12(11)2)20-7-6-13(10-20)19(3)8-9-22/h11-13,22H,4-10,17H2,1-3H3/p+1. The summed E-state index contributed by atoms with van der Waals surface area (Å²) < 4.78 is 2.16. The number of fused-ring (bicyclic) bond motifs is 1. The number of rotatable bonds is 4. The largest absolute Gasteiger partial charge is 0.394 e. The minimum absolute atomic E-state index is 0.249. The van der Waals surface area contributed by atoms with E-state index in [4.69, 9.17) is 15.9 Å². The van der Waals surface area contributed by atoms with Crippen LogP contribution in [0, 0.1) is 5.92 Å². The second kappa shape index (κ2) is 6.08. The van der Waals surface area contributed by atoms with Gasteiger partial charge in [-0.15, -0.1) is 0 Å². The molecule has 0 aromatic carbocycles. The average Bonchev–Trinajstić information content (AvgIpc) is 3.09. The van der Waals surface area contributed by atoms with Gasteiger partial charge in [-0.3, -0.25) is 4.68 Å². The van der Waals surface area contributed by atoms with E-state index in [9.17, 15) is 0 Å². The number of nitrogen functional groups attached to an aromatic ring is 1. The number of nitrogens with zero attached hydrogens (tertiary/aromatic N) is 3. The third kappa shape index (κ3) is 2.58. The zero-order valence-corrected chi connectivity index (χ0v) is 14.0. The minimum atomic E-state index is 0.249. The van der Waals surface area contributed by atoms with E-state index in [1.165, 1.54) is 17.0 Å². The number of quaternary nitrogens is 1. The lowest BCUT2D eigenvalue weighted by atomic mass is 9.93. The zero-order valence-electron chi connectivity index (χ0n) is 14.0. The fourth-order valence-corrected chi connectivity index (χ4v) is 3.87. The summed E-state index contributed by atoms with van der Waals surface area (Å²) in [6.07, 6.45) is 3.37. The molecule has 0 spiro atoms. The van der Waals surface area contributed by atoms with Crippen molar-refractivity contribution in [2.24, 2.45) is 5.92 Å². The van der Waals surface area contributed by atoms with Crippen molar-refractivity contribution in [2.75, 3.05) is 43.9 Å². The second-order valence-electron chi connectivity index (χ2n) is 7.14. The first-order valence-corrected chi connectivity index (χ1v) is 8.57. The van der Waals surface area contributed by atoms with Gasteiger partial charge in [-0.05, 0) is 25.7 Å². The van der Waals surface area contributed by atoms with Gasteiger partial charge in [-0.2, -0.15) is 5.10 Å². The van der Waals surface area contributed by atoms with Crippen molar-refractivity contribution in [2.45, 2.75) is 45.2 Å². The van der Waals surface area contributed by atoms with Gasteiger partial charge in [0.2, 0.25) is 0 Å². The van der Waals surface area contributed by atoms with Gasteiger partial charge in [0.1, 0.15) is 12.6 Å². The quantitative estimate of drug-likeness (QED) is 0.714. The SMILES string of the molecule is CC1CCc2c(N)c(N3CCC([NH+](C)CCO)C3)nn2C1C. The summed E-state index contributed by atoms with van der Waals surface area (Å²) in [5.74, 6) is 1.64. The first kappa shape index (κ1) is 15.6. The maximum atomic E-state index is 9.12. The van der Waals surface area contributed by atoms with E-state index in [2.05, 4.69) is 30.5 Å². The summed E-state index contributed by atoms with van der Waals surface area (Å²) in [4.78, 5) is 3.73. The second-order valence-corrected chi connectivity index (χ2v) is 7.14. The van der Waals surface area contributed by atoms with Crippen LogP contribution in [0.4, 0.5) is 11.5 Å². The van der Waals surface area contributed by atoms with Gasteiger partial charge >= 0.3 is 0 Å². The van der Waals surface area contributed by atoms with Crippen molar-refractivity contribution in [3.05, 3.63) is 5.69 Å². The molecular weight excluding hydrogens is 278 g/mol. The van der Waals surface area contributed by atoms with Crippen LogP contribution < -0.4 is 15.5 Å². The highest BCUT2D eigenvalue weighted by Gasteiger charge is 2.34. The molecule has 6 nitrogen and oxygen atoms in total. The molecule has 2 aliphatic heterocycles. The van der Waals surface area contributed by atoms with Gasteiger partial charge in [0.05, 0.1) is 37.6 Å². The Hall–Kier alpha value is -1.27. The van der Waals surface area contributed by atoms with Crippen molar-refractivity contribution in [3.8, 4) is 0 Å². The summed E-state index contributed by atoms with van der Waals surface area (Å²) in [6.45, 7) is 7.59. The van der Waals surface area contributed by atoms with Crippen molar-refractivity contribution in [1.29, 1.82) is 0 Å². The smallest absolute Gasteiger partial charge is 0.174 e. The third-order valence-corrected chi connectivity index (χ3v) is 5.77. The number of aliphatic hydroxyl groups excluding tert-OH is 1. The summed E-state index contributed by atoms with van der Waals surface area (Å²) in [5.41, 5.74) is 8.53. The Balaban J connectivity index is 1.78. The average molecular weight is 308 g/mol. The van der Waals surface area contributed by atoms with Crippen LogP contribution in [0.3, 0.4) is 0 Å². The Labute approximate surface area is 132 Å². The lowest BCUT2D eigenvalue weighted by Crippen LogP contribution is -3.13. The molecule has 1 saturated heterocycles. The van der Waals surface area contributed by atoms with Crippen LogP contribution in [0.15, 0.2) is 0 Å². The molecule has 124 valence electrons. The maximum absolute atomic E-state index is 9.12. The highest BCUT2D eigenvalue weighted by molar-refractivity contribution is 5.67. The normalized spacial score (nSPS) is 29.6. The number of hydrogen-bond acceptors (Lipinski definition) is 4. The minimum Gasteiger partial charge on any atom is -0.394 e. The molecule has 3 heterocycles. The Morgan fingerprint density at radius 2 is 2.14 bits per heavy atom. The first-order chi connectivity index (χ1) is 10.5. The van der Waals surface area contributed by atoms with Gasteiger partial charge in [0, 0.05) is 13.0 Å². The predicted molar refractivity (Wildman–Crippen MR) is 88.3 cm³/mol. The number of aromatic nitrogens is 2. The van der Waals surface area contributed by atoms with Crippen LogP contribution in [0.2, 0.25) is 0 Å².